The van der Waals surface area contributed by atoms with Crippen LogP contribution in [0.25, 0.3) is 0 Å². The zero-order chi connectivity index (χ0) is 10.6. The molecule has 0 spiro atoms. The normalized spacial score (nSPS) is 12.1. The third-order valence-electron chi connectivity index (χ3n) is 2.20. The maximum absolute atomic E-state index is 10.5. The number of carboxylic acids is 1. The molecule has 0 aliphatic rings. The van der Waals surface area contributed by atoms with Gasteiger partial charge in [-0.2, -0.15) is 0 Å². The number of benzene rings is 1. The molecule has 0 unspecified atom stereocenters. The van der Waals surface area contributed by atoms with Crippen molar-refractivity contribution in [1.82, 2.24) is 0 Å². The Labute approximate surface area is 84.2 Å². The van der Waals surface area contributed by atoms with Gasteiger partial charge in [-0.25, -0.2) is 0 Å². The molecule has 14 heavy (non-hydrogen) atoms. The van der Waals surface area contributed by atoms with Crippen molar-refractivity contribution in [2.75, 3.05) is 0 Å². The molecule has 0 amide bonds. The van der Waals surface area contributed by atoms with E-state index in [0.717, 1.165) is 12.8 Å². The Hall–Kier alpha value is -1.29. The van der Waals surface area contributed by atoms with Crippen LogP contribution in [-0.4, -0.2) is 24.4 Å². The molecule has 0 heterocycles. The van der Waals surface area contributed by atoms with Crippen molar-refractivity contribution in [3.63, 3.8) is 0 Å². The van der Waals surface area contributed by atoms with Gasteiger partial charge in [-0.3, -0.25) is 4.79 Å². The maximum atomic E-state index is 10.5. The Bertz CT molecular complexity index is 310. The van der Waals surface area contributed by atoms with Crippen LogP contribution in [0.15, 0.2) is 24.3 Å². The van der Waals surface area contributed by atoms with Gasteiger partial charge in [-0.1, -0.05) is 36.6 Å². The predicted molar refractivity (Wildman–Crippen MR) is 58.4 cm³/mol. The van der Waals surface area contributed by atoms with Gasteiger partial charge in [0, 0.05) is 0 Å². The van der Waals surface area contributed by atoms with Crippen LogP contribution in [0.4, 0.5) is 0 Å². The smallest absolute Gasteiger partial charge is 0.320 e. The van der Waals surface area contributed by atoms with Crippen LogP contribution in [-0.2, 0) is 11.2 Å². The number of hydrogen-bond donors (Lipinski definition) is 2. The fourth-order valence-corrected chi connectivity index (χ4v) is 1.25. The van der Waals surface area contributed by atoms with Crippen LogP contribution in [0.2, 0.25) is 6.82 Å². The van der Waals surface area contributed by atoms with E-state index >= 15 is 0 Å². The Morgan fingerprint density at radius 1 is 1.50 bits per heavy atom. The first-order chi connectivity index (χ1) is 6.63. The lowest BCUT2D eigenvalue weighted by molar-refractivity contribution is -0.138. The predicted octanol–water partition coefficient (Wildman–Crippen LogP) is -0.249. The highest BCUT2D eigenvalue weighted by Crippen LogP contribution is 2.00. The second-order valence-corrected chi connectivity index (χ2v) is 3.32. The van der Waals surface area contributed by atoms with Gasteiger partial charge in [0.1, 0.15) is 6.04 Å². The lowest BCUT2D eigenvalue weighted by Gasteiger charge is -2.06. The van der Waals surface area contributed by atoms with Gasteiger partial charge in [0.25, 0.3) is 0 Å². The van der Waals surface area contributed by atoms with Crippen LogP contribution in [0.5, 0.6) is 0 Å². The summed E-state index contributed by atoms with van der Waals surface area (Å²) in [7, 11) is 0.991. The molecule has 3 N–H and O–H groups in total. The molecule has 0 aliphatic heterocycles. The summed E-state index contributed by atoms with van der Waals surface area (Å²) in [5.41, 5.74) is 7.64. The highest BCUT2D eigenvalue weighted by Gasteiger charge is 2.11. The summed E-state index contributed by atoms with van der Waals surface area (Å²) in [4.78, 5) is 10.5. The summed E-state index contributed by atoms with van der Waals surface area (Å²) < 4.78 is 0. The van der Waals surface area contributed by atoms with E-state index in [-0.39, 0.29) is 0 Å². The first-order valence-electron chi connectivity index (χ1n) is 4.69. The van der Waals surface area contributed by atoms with E-state index in [1.54, 1.807) is 0 Å². The van der Waals surface area contributed by atoms with E-state index in [0.29, 0.717) is 6.42 Å². The second-order valence-electron chi connectivity index (χ2n) is 3.32. The number of carboxylic acid groups (broad SMARTS) is 1. The molecule has 0 aromatic heterocycles. The SMILES string of the molecule is CBc1ccc(C[C@H](N)C(=O)O)cc1. The molecule has 0 saturated heterocycles. The monoisotopic (exact) mass is 191 g/mol. The van der Waals surface area contributed by atoms with E-state index in [2.05, 4.69) is 6.82 Å². The summed E-state index contributed by atoms with van der Waals surface area (Å²) in [5.74, 6) is -0.954. The lowest BCUT2D eigenvalue weighted by Crippen LogP contribution is -2.32. The zero-order valence-electron chi connectivity index (χ0n) is 8.23. The van der Waals surface area contributed by atoms with Crippen molar-refractivity contribution in [3.05, 3.63) is 29.8 Å². The van der Waals surface area contributed by atoms with Crippen LogP contribution in [0.3, 0.4) is 0 Å². The first kappa shape index (κ1) is 10.8. The van der Waals surface area contributed by atoms with Crippen LogP contribution < -0.4 is 11.2 Å². The third-order valence-corrected chi connectivity index (χ3v) is 2.20. The van der Waals surface area contributed by atoms with Crippen molar-refractivity contribution in [2.24, 2.45) is 5.73 Å². The number of aliphatic carboxylic acids is 1. The standard InChI is InChI=1S/C10H14BNO2/c1-11-8-4-2-7(3-5-8)6-9(12)10(13)14/h2-5,9,11H,6,12H2,1H3,(H,13,14)/t9-/m0/s1. The molecule has 3 nitrogen and oxygen atoms in total. The van der Waals surface area contributed by atoms with Gasteiger partial charge >= 0.3 is 5.97 Å². The molecule has 1 aromatic carbocycles. The maximum Gasteiger partial charge on any atom is 0.320 e. The zero-order valence-corrected chi connectivity index (χ0v) is 8.23. The van der Waals surface area contributed by atoms with Gasteiger partial charge < -0.3 is 10.8 Å². The average Bonchev–Trinajstić information content (AvgIpc) is 2.19. The number of rotatable bonds is 4. The molecule has 0 bridgehead atoms. The Kier molecular flexibility index (Phi) is 3.71. The van der Waals surface area contributed by atoms with E-state index < -0.39 is 12.0 Å². The summed E-state index contributed by atoms with van der Waals surface area (Å²) in [6, 6.07) is 7.07. The van der Waals surface area contributed by atoms with Crippen molar-refractivity contribution in [2.45, 2.75) is 19.3 Å². The minimum Gasteiger partial charge on any atom is -0.480 e. The Morgan fingerprint density at radius 2 is 2.07 bits per heavy atom. The van der Waals surface area contributed by atoms with E-state index in [1.807, 2.05) is 24.3 Å². The van der Waals surface area contributed by atoms with Gasteiger partial charge in [0.05, 0.1) is 0 Å². The van der Waals surface area contributed by atoms with Gasteiger partial charge in [-0.05, 0) is 12.0 Å². The summed E-state index contributed by atoms with van der Waals surface area (Å²) >= 11 is 0. The summed E-state index contributed by atoms with van der Waals surface area (Å²) in [6.45, 7) is 2.08. The Balaban J connectivity index is 2.64. The molecule has 1 atom stereocenters. The van der Waals surface area contributed by atoms with E-state index in [4.69, 9.17) is 10.8 Å². The molecule has 1 aromatic rings. The molecular weight excluding hydrogens is 177 g/mol. The summed E-state index contributed by atoms with van der Waals surface area (Å²) in [6.07, 6.45) is 0.388. The highest BCUT2D eigenvalue weighted by atomic mass is 16.4. The minimum absolute atomic E-state index is 0.388. The van der Waals surface area contributed by atoms with Gasteiger partial charge in [0.15, 0.2) is 7.28 Å². The quantitative estimate of drug-likeness (QED) is 0.645. The fraction of sp³-hybridized carbons (Fsp3) is 0.300. The average molecular weight is 191 g/mol. The second kappa shape index (κ2) is 4.81. The van der Waals surface area contributed by atoms with Crippen molar-refractivity contribution in [1.29, 1.82) is 0 Å². The van der Waals surface area contributed by atoms with Gasteiger partial charge in [-0.15, -0.1) is 0 Å². The van der Waals surface area contributed by atoms with Crippen molar-refractivity contribution < 1.29 is 9.90 Å². The van der Waals surface area contributed by atoms with E-state index in [1.165, 1.54) is 5.46 Å². The fourth-order valence-electron chi connectivity index (χ4n) is 1.25. The molecule has 1 rings (SSSR count). The largest absolute Gasteiger partial charge is 0.480 e. The number of hydrogen-bond acceptors (Lipinski definition) is 2. The molecule has 4 heteroatoms. The molecule has 0 aliphatic carbocycles. The molecule has 0 saturated carbocycles. The van der Waals surface area contributed by atoms with Crippen molar-refractivity contribution >= 4 is 18.7 Å². The molecule has 0 radical (unpaired) electrons. The van der Waals surface area contributed by atoms with Crippen LogP contribution in [0, 0.1) is 0 Å². The van der Waals surface area contributed by atoms with E-state index in [9.17, 15) is 4.79 Å². The van der Waals surface area contributed by atoms with Crippen molar-refractivity contribution in [3.8, 4) is 0 Å². The first-order valence-corrected chi connectivity index (χ1v) is 4.69. The minimum atomic E-state index is -0.954. The lowest BCUT2D eigenvalue weighted by atomic mass is 9.73. The number of nitrogens with two attached hydrogens (primary N) is 1. The van der Waals surface area contributed by atoms with Gasteiger partial charge in [0.2, 0.25) is 0 Å². The molecular formula is C10H14BNO2. The van der Waals surface area contributed by atoms with Crippen LogP contribution in [0.1, 0.15) is 5.56 Å². The topological polar surface area (TPSA) is 63.3 Å². The molecule has 0 fully saturated rings. The summed E-state index contributed by atoms with van der Waals surface area (Å²) in [5, 5.41) is 8.62. The third kappa shape index (κ3) is 2.89. The number of carbonyl (C=O) groups is 1. The molecule has 74 valence electrons. The highest BCUT2D eigenvalue weighted by molar-refractivity contribution is 6.51. The Morgan fingerprint density at radius 3 is 2.50 bits per heavy atom. The van der Waals surface area contributed by atoms with Crippen LogP contribution >= 0.6 is 0 Å².